The number of carbonyl (C=O) groups is 1. The fraction of sp³-hybridized carbons (Fsp3) is 0.682. The summed E-state index contributed by atoms with van der Waals surface area (Å²) in [7, 11) is 0. The van der Waals surface area contributed by atoms with E-state index < -0.39 is 31.2 Å². The monoisotopic (exact) mass is 531 g/mol. The Morgan fingerprint density at radius 1 is 1.03 bits per heavy atom. The molecule has 3 fully saturated rings. The molecule has 3 unspecified atom stereocenters. The standard InChI is InChI=1S/C22H25ClF7N3O2/c23-17-3-1-2-14(18(17)32-5-4-13(6-24)7-32)8-31-9-15-11-33(12-16(15)10-31)20(34)35-19(21(25,26)27)22(28,29)30/h1-3,13,15-16,19H,4-12H2. The second-order valence-corrected chi connectivity index (χ2v) is 9.88. The summed E-state index contributed by atoms with van der Waals surface area (Å²) in [4.78, 5) is 17.2. The number of likely N-dealkylation sites (tertiary alicyclic amines) is 2. The molecule has 0 aliphatic carbocycles. The summed E-state index contributed by atoms with van der Waals surface area (Å²) in [5.74, 6) is -0.225. The lowest BCUT2D eigenvalue weighted by molar-refractivity contribution is -0.308. The van der Waals surface area contributed by atoms with Gasteiger partial charge in [0, 0.05) is 51.7 Å². The van der Waals surface area contributed by atoms with Crippen molar-refractivity contribution in [2.24, 2.45) is 17.8 Å². The van der Waals surface area contributed by atoms with Crippen molar-refractivity contribution in [2.45, 2.75) is 31.4 Å². The maximum Gasteiger partial charge on any atom is 0.434 e. The van der Waals surface area contributed by atoms with Gasteiger partial charge in [0.1, 0.15) is 0 Å². The molecule has 0 spiro atoms. The number of fused-ring (bicyclic) bond motifs is 1. The number of benzene rings is 1. The highest BCUT2D eigenvalue weighted by Crippen LogP contribution is 2.39. The van der Waals surface area contributed by atoms with Gasteiger partial charge in [-0.1, -0.05) is 23.7 Å². The number of ether oxygens (including phenoxy) is 1. The van der Waals surface area contributed by atoms with Crippen LogP contribution in [0.1, 0.15) is 12.0 Å². The zero-order valence-electron chi connectivity index (χ0n) is 18.6. The first-order valence-electron chi connectivity index (χ1n) is 11.3. The Hall–Kier alpha value is -1.95. The Bertz CT molecular complexity index is 901. The van der Waals surface area contributed by atoms with Crippen LogP contribution in [-0.4, -0.2) is 80.3 Å². The van der Waals surface area contributed by atoms with Crippen LogP contribution in [0.15, 0.2) is 18.2 Å². The molecule has 3 saturated heterocycles. The van der Waals surface area contributed by atoms with E-state index in [0.29, 0.717) is 37.7 Å². The fourth-order valence-corrected chi connectivity index (χ4v) is 5.62. The normalized spacial score (nSPS) is 25.6. The summed E-state index contributed by atoms with van der Waals surface area (Å²) >= 11 is 6.47. The number of halogens is 8. The summed E-state index contributed by atoms with van der Waals surface area (Å²) in [6.07, 6.45) is -16.5. The van der Waals surface area contributed by atoms with Crippen LogP contribution in [-0.2, 0) is 11.3 Å². The predicted molar refractivity (Wildman–Crippen MR) is 114 cm³/mol. The molecule has 0 aromatic heterocycles. The lowest BCUT2D eigenvalue weighted by Crippen LogP contribution is -2.48. The third-order valence-electron chi connectivity index (χ3n) is 6.92. The van der Waals surface area contributed by atoms with Crippen molar-refractivity contribution in [2.75, 3.05) is 50.8 Å². The molecule has 3 aliphatic rings. The Morgan fingerprint density at radius 3 is 2.20 bits per heavy atom. The topological polar surface area (TPSA) is 36.0 Å². The van der Waals surface area contributed by atoms with Crippen LogP contribution in [0.25, 0.3) is 0 Å². The summed E-state index contributed by atoms with van der Waals surface area (Å²) < 4.78 is 93.2. The molecule has 5 nitrogen and oxygen atoms in total. The van der Waals surface area contributed by atoms with Gasteiger partial charge >= 0.3 is 18.4 Å². The molecule has 3 aliphatic heterocycles. The SMILES string of the molecule is O=C(OC(C(F)(F)F)C(F)(F)F)N1CC2CN(Cc3cccc(Cl)c3N3CCC(CF)C3)CC2C1. The number of hydrogen-bond acceptors (Lipinski definition) is 4. The molecule has 3 atom stereocenters. The predicted octanol–water partition coefficient (Wildman–Crippen LogP) is 5.13. The Kier molecular flexibility index (Phi) is 7.34. The number of rotatable bonds is 5. The van der Waals surface area contributed by atoms with Crippen molar-refractivity contribution < 1.29 is 40.3 Å². The molecule has 1 aromatic rings. The first-order chi connectivity index (χ1) is 16.4. The Balaban J connectivity index is 1.36. The van der Waals surface area contributed by atoms with Crippen LogP contribution in [0.3, 0.4) is 0 Å². The highest BCUT2D eigenvalue weighted by atomic mass is 35.5. The molecule has 3 heterocycles. The first-order valence-corrected chi connectivity index (χ1v) is 11.6. The van der Waals surface area contributed by atoms with Gasteiger partial charge in [-0.25, -0.2) is 4.79 Å². The fourth-order valence-electron chi connectivity index (χ4n) is 5.31. The third kappa shape index (κ3) is 5.73. The third-order valence-corrected chi connectivity index (χ3v) is 7.22. The van der Waals surface area contributed by atoms with E-state index in [-0.39, 0.29) is 30.8 Å². The number of hydrogen-bond donors (Lipinski definition) is 0. The zero-order chi connectivity index (χ0) is 25.5. The van der Waals surface area contributed by atoms with E-state index in [1.54, 1.807) is 6.07 Å². The molecule has 1 aromatic carbocycles. The van der Waals surface area contributed by atoms with Gasteiger partial charge in [0.15, 0.2) is 0 Å². The van der Waals surface area contributed by atoms with Gasteiger partial charge in [0.2, 0.25) is 0 Å². The van der Waals surface area contributed by atoms with E-state index in [1.165, 1.54) is 0 Å². The molecular weight excluding hydrogens is 507 g/mol. The minimum Gasteiger partial charge on any atom is -0.426 e. The number of alkyl halides is 7. The minimum atomic E-state index is -5.74. The molecule has 0 saturated carbocycles. The van der Waals surface area contributed by atoms with Gasteiger partial charge in [-0.15, -0.1) is 0 Å². The van der Waals surface area contributed by atoms with Crippen molar-refractivity contribution in [3.63, 3.8) is 0 Å². The summed E-state index contributed by atoms with van der Waals surface area (Å²) in [6, 6.07) is 5.55. The maximum absolute atomic E-state index is 13.1. The summed E-state index contributed by atoms with van der Waals surface area (Å²) in [5, 5.41) is 0.569. The lowest BCUT2D eigenvalue weighted by Gasteiger charge is -2.27. The molecule has 196 valence electrons. The zero-order valence-corrected chi connectivity index (χ0v) is 19.3. The average molecular weight is 532 g/mol. The largest absolute Gasteiger partial charge is 0.434 e. The average Bonchev–Trinajstić information content (AvgIpc) is 3.45. The highest BCUT2D eigenvalue weighted by molar-refractivity contribution is 6.33. The van der Waals surface area contributed by atoms with Crippen molar-refractivity contribution in [3.05, 3.63) is 28.8 Å². The molecule has 4 rings (SSSR count). The molecule has 35 heavy (non-hydrogen) atoms. The van der Waals surface area contributed by atoms with E-state index in [9.17, 15) is 35.5 Å². The van der Waals surface area contributed by atoms with Gasteiger partial charge in [-0.2, -0.15) is 26.3 Å². The van der Waals surface area contributed by atoms with E-state index in [1.807, 2.05) is 12.1 Å². The van der Waals surface area contributed by atoms with Crippen molar-refractivity contribution >= 4 is 23.4 Å². The summed E-state index contributed by atoms with van der Waals surface area (Å²) in [6.45, 7) is 2.51. The van der Waals surface area contributed by atoms with Gasteiger partial charge in [-0.05, 0) is 29.9 Å². The van der Waals surface area contributed by atoms with Gasteiger partial charge in [0.05, 0.1) is 17.4 Å². The van der Waals surface area contributed by atoms with Gasteiger partial charge in [-0.3, -0.25) is 9.29 Å². The van der Waals surface area contributed by atoms with Crippen LogP contribution >= 0.6 is 11.6 Å². The van der Waals surface area contributed by atoms with Gasteiger partial charge in [0.25, 0.3) is 6.10 Å². The van der Waals surface area contributed by atoms with Crippen LogP contribution in [0.2, 0.25) is 5.02 Å². The molecule has 1 amide bonds. The van der Waals surface area contributed by atoms with Gasteiger partial charge < -0.3 is 14.5 Å². The Morgan fingerprint density at radius 2 is 1.66 bits per heavy atom. The van der Waals surface area contributed by atoms with Crippen LogP contribution in [0.5, 0.6) is 0 Å². The minimum absolute atomic E-state index is 0.0230. The molecule has 0 bridgehead atoms. The van der Waals surface area contributed by atoms with Crippen LogP contribution in [0.4, 0.5) is 41.2 Å². The Labute approximate surface area is 202 Å². The number of carbonyl (C=O) groups excluding carboxylic acids is 1. The van der Waals surface area contributed by atoms with Crippen LogP contribution in [0, 0.1) is 17.8 Å². The molecule has 13 heteroatoms. The van der Waals surface area contributed by atoms with E-state index in [0.717, 1.165) is 22.6 Å². The first kappa shape index (κ1) is 26.1. The van der Waals surface area contributed by atoms with Crippen molar-refractivity contribution in [1.29, 1.82) is 0 Å². The number of amides is 1. The molecule has 0 radical (unpaired) electrons. The summed E-state index contributed by atoms with van der Waals surface area (Å²) in [5.41, 5.74) is 1.82. The maximum atomic E-state index is 13.1. The smallest absolute Gasteiger partial charge is 0.426 e. The quantitative estimate of drug-likeness (QED) is 0.494. The van der Waals surface area contributed by atoms with Crippen molar-refractivity contribution in [1.82, 2.24) is 9.80 Å². The van der Waals surface area contributed by atoms with E-state index in [2.05, 4.69) is 14.5 Å². The van der Waals surface area contributed by atoms with E-state index >= 15 is 0 Å². The second kappa shape index (κ2) is 9.84. The van der Waals surface area contributed by atoms with Crippen molar-refractivity contribution in [3.8, 4) is 0 Å². The molecule has 0 N–H and O–H groups in total. The highest BCUT2D eigenvalue weighted by Gasteiger charge is 2.60. The number of nitrogens with zero attached hydrogens (tertiary/aromatic N) is 3. The van der Waals surface area contributed by atoms with E-state index in [4.69, 9.17) is 11.6 Å². The van der Waals surface area contributed by atoms with Crippen LogP contribution < -0.4 is 4.90 Å². The second-order valence-electron chi connectivity index (χ2n) is 9.47. The molecular formula is C22H25ClF7N3O2. The number of anilines is 1. The lowest BCUT2D eigenvalue weighted by atomic mass is 10.0. The number of para-hydroxylation sites is 1.